The number of nitrogens with one attached hydrogen (secondary N) is 2. The van der Waals surface area contributed by atoms with Crippen molar-refractivity contribution in [3.63, 3.8) is 0 Å². The molecule has 0 aliphatic rings. The molecule has 0 fully saturated rings. The predicted octanol–water partition coefficient (Wildman–Crippen LogP) is 29.1. The Balaban J connectivity index is 2.46. The van der Waals surface area contributed by atoms with Crippen LogP contribution in [0.2, 0.25) is 0 Å². The van der Waals surface area contributed by atoms with Crippen LogP contribution in [0.1, 0.15) is 427 Å². The van der Waals surface area contributed by atoms with Gasteiger partial charge in [-0.3, -0.25) is 0 Å². The maximum absolute atomic E-state index is 14.6. The second-order valence-electron chi connectivity index (χ2n) is 28.4. The lowest BCUT2D eigenvalue weighted by Gasteiger charge is -2.20. The zero-order valence-electron chi connectivity index (χ0n) is 63.3. The third-order valence-corrected chi connectivity index (χ3v) is 19.1. The van der Waals surface area contributed by atoms with Crippen molar-refractivity contribution in [3.05, 3.63) is 24.3 Å². The van der Waals surface area contributed by atoms with Gasteiger partial charge in [0.15, 0.2) is 23.0 Å². The maximum Gasteiger partial charge on any atom is 0.323 e. The molecule has 0 bridgehead atoms. The summed E-state index contributed by atoms with van der Waals surface area (Å²) in [6, 6.07) is 7.43. The summed E-state index contributed by atoms with van der Waals surface area (Å²) in [7, 11) is 0. The summed E-state index contributed by atoms with van der Waals surface area (Å²) >= 11 is 0. The molecule has 0 aliphatic heterocycles. The van der Waals surface area contributed by atoms with E-state index in [4.69, 9.17) is 28.4 Å². The summed E-state index contributed by atoms with van der Waals surface area (Å²) in [5, 5.41) is 6.46. The summed E-state index contributed by atoms with van der Waals surface area (Å²) < 4.78 is 40.4. The van der Waals surface area contributed by atoms with Crippen LogP contribution in [0.25, 0.3) is 0 Å². The SMILES string of the molecule is CCCCCCCCCCCCOc1cc(NC(=O)Nc2cc(OCCCCCCCCCCCC)c(OCCCCCCCCCCCC)c(OCCCCCCCCCCCC)c2)cc(OCCCCCCCCCCCC)c1OCCCCCCCCCCCC. The van der Waals surface area contributed by atoms with Crippen LogP contribution in [0.3, 0.4) is 0 Å². The van der Waals surface area contributed by atoms with Gasteiger partial charge in [0, 0.05) is 24.3 Å². The van der Waals surface area contributed by atoms with E-state index in [9.17, 15) is 4.79 Å². The fourth-order valence-corrected chi connectivity index (χ4v) is 12.9. The number of rotatable bonds is 74. The highest BCUT2D eigenvalue weighted by atomic mass is 16.5. The number of carbonyl (C=O) groups is 1. The van der Waals surface area contributed by atoms with Gasteiger partial charge in [-0.25, -0.2) is 4.79 Å². The number of benzene rings is 2. The Morgan fingerprint density at radius 2 is 0.351 bits per heavy atom. The second-order valence-corrected chi connectivity index (χ2v) is 28.4. The van der Waals surface area contributed by atoms with Gasteiger partial charge in [0.25, 0.3) is 0 Å². The third-order valence-electron chi connectivity index (χ3n) is 19.1. The Labute approximate surface area is 583 Å². The van der Waals surface area contributed by atoms with Gasteiger partial charge in [0.05, 0.1) is 51.0 Å². The molecule has 0 spiro atoms. The van der Waals surface area contributed by atoms with E-state index in [0.717, 1.165) is 77.0 Å². The molecule has 9 heteroatoms. The largest absolute Gasteiger partial charge is 0.489 e. The fraction of sp³-hybridized carbons (Fsp3) is 0.847. The Kier molecular flexibility index (Phi) is 62.7. The van der Waals surface area contributed by atoms with Crippen molar-refractivity contribution in [2.24, 2.45) is 0 Å². The van der Waals surface area contributed by atoms with E-state index < -0.39 is 0 Å². The molecule has 2 aromatic carbocycles. The normalized spacial score (nSPS) is 11.4. The van der Waals surface area contributed by atoms with E-state index in [-0.39, 0.29) is 6.03 Å². The van der Waals surface area contributed by atoms with E-state index in [1.807, 2.05) is 24.3 Å². The Morgan fingerprint density at radius 3 is 0.511 bits per heavy atom. The lowest BCUT2D eigenvalue weighted by molar-refractivity contribution is 0.234. The Morgan fingerprint density at radius 1 is 0.213 bits per heavy atom. The van der Waals surface area contributed by atoms with Crippen LogP contribution in [0.15, 0.2) is 24.3 Å². The van der Waals surface area contributed by atoms with E-state index >= 15 is 0 Å². The lowest BCUT2D eigenvalue weighted by atomic mass is 10.1. The number of hydrogen-bond acceptors (Lipinski definition) is 7. The van der Waals surface area contributed by atoms with Gasteiger partial charge < -0.3 is 39.1 Å². The number of amides is 2. The van der Waals surface area contributed by atoms with Crippen molar-refractivity contribution in [1.82, 2.24) is 0 Å². The van der Waals surface area contributed by atoms with Gasteiger partial charge in [-0.05, 0) is 38.5 Å². The molecular weight excluding hydrogens is 1160 g/mol. The van der Waals surface area contributed by atoms with Crippen LogP contribution in [0, 0.1) is 0 Å². The molecular formula is C85H156N2O7. The molecule has 0 heterocycles. The van der Waals surface area contributed by atoms with Crippen molar-refractivity contribution in [2.45, 2.75) is 427 Å². The van der Waals surface area contributed by atoms with Crippen LogP contribution in [-0.2, 0) is 0 Å². The van der Waals surface area contributed by atoms with Crippen LogP contribution in [0.5, 0.6) is 34.5 Å². The molecule has 0 radical (unpaired) electrons. The number of hydrogen-bond donors (Lipinski definition) is 2. The highest BCUT2D eigenvalue weighted by Crippen LogP contribution is 2.43. The summed E-state index contributed by atoms with van der Waals surface area (Å²) in [5.41, 5.74) is 1.21. The molecule has 2 rings (SSSR count). The van der Waals surface area contributed by atoms with Crippen molar-refractivity contribution >= 4 is 17.4 Å². The van der Waals surface area contributed by atoms with Crippen molar-refractivity contribution in [2.75, 3.05) is 50.3 Å². The smallest absolute Gasteiger partial charge is 0.323 e. The monoisotopic (exact) mass is 1320 g/mol. The molecule has 0 unspecified atom stereocenters. The molecule has 2 N–H and O–H groups in total. The van der Waals surface area contributed by atoms with E-state index in [2.05, 4.69) is 52.2 Å². The van der Waals surface area contributed by atoms with Crippen LogP contribution in [0.4, 0.5) is 16.2 Å². The molecule has 0 atom stereocenters. The first-order valence-electron chi connectivity index (χ1n) is 41.7. The van der Waals surface area contributed by atoms with Crippen LogP contribution < -0.4 is 39.1 Å². The highest BCUT2D eigenvalue weighted by molar-refractivity contribution is 6.00. The Bertz CT molecular complexity index is 1700. The molecule has 9 nitrogen and oxygen atoms in total. The van der Waals surface area contributed by atoms with Crippen LogP contribution >= 0.6 is 0 Å². The fourth-order valence-electron chi connectivity index (χ4n) is 12.9. The van der Waals surface area contributed by atoms with Gasteiger partial charge in [-0.15, -0.1) is 0 Å². The van der Waals surface area contributed by atoms with Gasteiger partial charge in [0.2, 0.25) is 11.5 Å². The van der Waals surface area contributed by atoms with E-state index in [0.29, 0.717) is 85.5 Å². The van der Waals surface area contributed by atoms with Gasteiger partial charge >= 0.3 is 6.03 Å². The third kappa shape index (κ3) is 51.7. The van der Waals surface area contributed by atoms with Crippen molar-refractivity contribution < 1.29 is 33.2 Å². The topological polar surface area (TPSA) is 96.5 Å². The molecule has 0 saturated carbocycles. The van der Waals surface area contributed by atoms with Gasteiger partial charge in [-0.2, -0.15) is 0 Å². The quantitative estimate of drug-likeness (QED) is 0.0637. The molecule has 0 aromatic heterocycles. The number of carbonyl (C=O) groups excluding carboxylic acids is 1. The molecule has 94 heavy (non-hydrogen) atoms. The number of urea groups is 1. The number of ether oxygens (including phenoxy) is 6. The first kappa shape index (κ1) is 86.6. The number of anilines is 2. The molecule has 548 valence electrons. The predicted molar refractivity (Wildman–Crippen MR) is 410 cm³/mol. The minimum Gasteiger partial charge on any atom is -0.489 e. The maximum atomic E-state index is 14.6. The average molecular weight is 1320 g/mol. The zero-order chi connectivity index (χ0) is 67.4. The average Bonchev–Trinajstić information content (AvgIpc) is 0.958. The van der Waals surface area contributed by atoms with E-state index in [1.165, 1.54) is 308 Å². The van der Waals surface area contributed by atoms with E-state index in [1.54, 1.807) is 0 Å². The van der Waals surface area contributed by atoms with Gasteiger partial charge in [-0.1, -0.05) is 388 Å². The Hall–Kier alpha value is -3.49. The molecule has 0 aliphatic carbocycles. The first-order chi connectivity index (χ1) is 46.5. The number of unbranched alkanes of at least 4 members (excludes halogenated alkanes) is 54. The van der Waals surface area contributed by atoms with Crippen molar-refractivity contribution in [1.29, 1.82) is 0 Å². The lowest BCUT2D eigenvalue weighted by Crippen LogP contribution is -2.20. The van der Waals surface area contributed by atoms with Crippen LogP contribution in [-0.4, -0.2) is 45.7 Å². The highest BCUT2D eigenvalue weighted by Gasteiger charge is 2.21. The minimum atomic E-state index is -0.361. The molecule has 2 amide bonds. The summed E-state index contributed by atoms with van der Waals surface area (Å²) in [6.07, 6.45) is 75.8. The molecule has 2 aromatic rings. The first-order valence-corrected chi connectivity index (χ1v) is 41.7. The second kappa shape index (κ2) is 68.1. The summed E-state index contributed by atoms with van der Waals surface area (Å²) in [4.78, 5) is 14.6. The van der Waals surface area contributed by atoms with Gasteiger partial charge in [0.1, 0.15) is 0 Å². The minimum absolute atomic E-state index is 0.361. The summed E-state index contributed by atoms with van der Waals surface area (Å²) in [6.45, 7) is 17.3. The van der Waals surface area contributed by atoms with Crippen molar-refractivity contribution in [3.8, 4) is 34.5 Å². The standard InChI is InChI=1S/C85H156N2O7/c1-7-13-19-25-31-37-43-49-55-61-67-89-79-73-77(74-80(90-68-62-56-50-44-38-32-26-20-14-8-2)83(79)93-71-65-59-53-47-41-35-29-23-17-11-5)86-85(88)87-78-75-81(91-69-63-57-51-45-39-33-27-21-15-9-3)84(94-72-66-60-54-48-42-36-30-24-18-12-6)82(76-78)92-70-64-58-52-46-40-34-28-22-16-10-4/h73-76H,7-72H2,1-6H3,(H2,86,87,88). The summed E-state index contributed by atoms with van der Waals surface area (Å²) in [5.74, 6) is 3.84. The molecule has 0 saturated heterocycles. The zero-order valence-corrected chi connectivity index (χ0v) is 63.3.